The van der Waals surface area contributed by atoms with Gasteiger partial charge in [0.05, 0.1) is 0 Å². The molecule has 0 amide bonds. The molecule has 0 aromatic carbocycles. The summed E-state index contributed by atoms with van der Waals surface area (Å²) in [6, 6.07) is 0. The molecule has 0 heteroatoms. The van der Waals surface area contributed by atoms with Crippen molar-refractivity contribution in [2.45, 2.75) is 70.6 Å². The van der Waals surface area contributed by atoms with Crippen LogP contribution in [0.2, 0.25) is 0 Å². The molecule has 0 saturated heterocycles. The predicted molar refractivity (Wildman–Crippen MR) is 64.7 cm³/mol. The standard InChI is InChI=1S/C15H26/c1-2-4-6-13(7-5-3-1)15-11-12-8-9-14(15)10-12/h12-15H,1-11H2. The Labute approximate surface area is 94.8 Å². The fourth-order valence-electron chi connectivity index (χ4n) is 4.79. The third-order valence-corrected chi connectivity index (χ3v) is 5.55. The van der Waals surface area contributed by atoms with Crippen LogP contribution >= 0.6 is 0 Å². The lowest BCUT2D eigenvalue weighted by Gasteiger charge is -2.31. The van der Waals surface area contributed by atoms with E-state index in [-0.39, 0.29) is 0 Å². The zero-order chi connectivity index (χ0) is 10.1. The van der Waals surface area contributed by atoms with Crippen molar-refractivity contribution < 1.29 is 0 Å². The second-order valence-corrected chi connectivity index (χ2v) is 6.44. The Hall–Kier alpha value is 0. The van der Waals surface area contributed by atoms with E-state index in [9.17, 15) is 0 Å². The normalized spacial score (nSPS) is 42.8. The van der Waals surface area contributed by atoms with Gasteiger partial charge in [-0.05, 0) is 42.9 Å². The second kappa shape index (κ2) is 4.47. The van der Waals surface area contributed by atoms with Crippen molar-refractivity contribution in [3.05, 3.63) is 0 Å². The Morgan fingerprint density at radius 3 is 1.87 bits per heavy atom. The SMILES string of the molecule is C1CCCC(C2CC3CCC2C3)CCC1. The molecule has 15 heavy (non-hydrogen) atoms. The molecule has 0 heterocycles. The van der Waals surface area contributed by atoms with Crippen molar-refractivity contribution in [3.63, 3.8) is 0 Å². The highest BCUT2D eigenvalue weighted by Gasteiger charge is 2.42. The van der Waals surface area contributed by atoms with Crippen LogP contribution in [0.4, 0.5) is 0 Å². The first-order chi connectivity index (χ1) is 7.43. The number of hydrogen-bond donors (Lipinski definition) is 0. The van der Waals surface area contributed by atoms with E-state index in [1.54, 1.807) is 51.4 Å². The van der Waals surface area contributed by atoms with Crippen LogP contribution in [0.1, 0.15) is 70.6 Å². The largest absolute Gasteiger partial charge is 0.0533 e. The first kappa shape index (κ1) is 10.2. The Morgan fingerprint density at radius 1 is 0.533 bits per heavy atom. The number of hydrogen-bond acceptors (Lipinski definition) is 0. The molecule has 86 valence electrons. The van der Waals surface area contributed by atoms with Crippen LogP contribution in [0.3, 0.4) is 0 Å². The molecule has 3 atom stereocenters. The molecule has 3 aliphatic rings. The van der Waals surface area contributed by atoms with E-state index in [1.807, 2.05) is 0 Å². The summed E-state index contributed by atoms with van der Waals surface area (Å²) in [7, 11) is 0. The average molecular weight is 206 g/mol. The molecule has 0 radical (unpaired) electrons. The molecular formula is C15H26. The van der Waals surface area contributed by atoms with Gasteiger partial charge in [-0.25, -0.2) is 0 Å². The molecule has 0 spiro atoms. The Bertz CT molecular complexity index is 200. The maximum Gasteiger partial charge on any atom is -0.0355 e. The van der Waals surface area contributed by atoms with Crippen molar-refractivity contribution in [1.82, 2.24) is 0 Å². The predicted octanol–water partition coefficient (Wildman–Crippen LogP) is 4.78. The summed E-state index contributed by atoms with van der Waals surface area (Å²) in [6.45, 7) is 0. The summed E-state index contributed by atoms with van der Waals surface area (Å²) in [5.41, 5.74) is 0. The number of fused-ring (bicyclic) bond motifs is 2. The van der Waals surface area contributed by atoms with Crippen molar-refractivity contribution in [2.24, 2.45) is 23.7 Å². The van der Waals surface area contributed by atoms with Crippen molar-refractivity contribution >= 4 is 0 Å². The van der Waals surface area contributed by atoms with Crippen LogP contribution in [0.15, 0.2) is 0 Å². The Balaban J connectivity index is 1.60. The third-order valence-electron chi connectivity index (χ3n) is 5.55. The summed E-state index contributed by atoms with van der Waals surface area (Å²) < 4.78 is 0. The minimum Gasteiger partial charge on any atom is -0.0533 e. The van der Waals surface area contributed by atoms with E-state index >= 15 is 0 Å². The van der Waals surface area contributed by atoms with Crippen LogP contribution in [0.25, 0.3) is 0 Å². The van der Waals surface area contributed by atoms with Gasteiger partial charge in [-0.1, -0.05) is 51.4 Å². The van der Waals surface area contributed by atoms with Gasteiger partial charge in [0.25, 0.3) is 0 Å². The topological polar surface area (TPSA) is 0 Å². The lowest BCUT2D eigenvalue weighted by molar-refractivity contribution is 0.191. The Morgan fingerprint density at radius 2 is 1.27 bits per heavy atom. The molecule has 0 N–H and O–H groups in total. The molecule has 3 saturated carbocycles. The summed E-state index contributed by atoms with van der Waals surface area (Å²) in [4.78, 5) is 0. The van der Waals surface area contributed by atoms with Gasteiger partial charge >= 0.3 is 0 Å². The summed E-state index contributed by atoms with van der Waals surface area (Å²) in [6.07, 6.45) is 17.2. The smallest absolute Gasteiger partial charge is 0.0355 e. The highest BCUT2D eigenvalue weighted by Crippen LogP contribution is 2.53. The molecule has 3 rings (SSSR count). The van der Waals surface area contributed by atoms with E-state index in [0.717, 1.165) is 11.8 Å². The fourth-order valence-corrected chi connectivity index (χ4v) is 4.79. The fraction of sp³-hybridized carbons (Fsp3) is 1.00. The summed E-state index contributed by atoms with van der Waals surface area (Å²) >= 11 is 0. The average Bonchev–Trinajstić information content (AvgIpc) is 2.78. The minimum atomic E-state index is 1.14. The molecule has 3 fully saturated rings. The van der Waals surface area contributed by atoms with Gasteiger partial charge < -0.3 is 0 Å². The van der Waals surface area contributed by atoms with Crippen molar-refractivity contribution in [3.8, 4) is 0 Å². The highest BCUT2D eigenvalue weighted by atomic mass is 14.5. The molecule has 0 nitrogen and oxygen atoms in total. The first-order valence-corrected chi connectivity index (χ1v) is 7.43. The Kier molecular flexibility index (Phi) is 3.03. The third kappa shape index (κ3) is 2.10. The molecule has 3 aliphatic carbocycles. The summed E-state index contributed by atoms with van der Waals surface area (Å²) in [5.74, 6) is 4.63. The zero-order valence-electron chi connectivity index (χ0n) is 10.1. The number of rotatable bonds is 1. The molecule has 3 unspecified atom stereocenters. The van der Waals surface area contributed by atoms with E-state index in [0.29, 0.717) is 0 Å². The highest BCUT2D eigenvalue weighted by molar-refractivity contribution is 4.92. The van der Waals surface area contributed by atoms with Gasteiger partial charge in [-0.2, -0.15) is 0 Å². The van der Waals surface area contributed by atoms with Gasteiger partial charge in [0.2, 0.25) is 0 Å². The summed E-state index contributed by atoms with van der Waals surface area (Å²) in [5, 5.41) is 0. The van der Waals surface area contributed by atoms with Crippen molar-refractivity contribution in [2.75, 3.05) is 0 Å². The maximum absolute atomic E-state index is 1.62. The quantitative estimate of drug-likeness (QED) is 0.579. The van der Waals surface area contributed by atoms with Crippen LogP contribution < -0.4 is 0 Å². The van der Waals surface area contributed by atoms with E-state index in [2.05, 4.69) is 0 Å². The first-order valence-electron chi connectivity index (χ1n) is 7.43. The molecular weight excluding hydrogens is 180 g/mol. The minimum absolute atomic E-state index is 1.14. The van der Waals surface area contributed by atoms with Crippen molar-refractivity contribution in [1.29, 1.82) is 0 Å². The van der Waals surface area contributed by atoms with Gasteiger partial charge in [0, 0.05) is 0 Å². The van der Waals surface area contributed by atoms with Gasteiger partial charge in [0.1, 0.15) is 0 Å². The lowest BCUT2D eigenvalue weighted by atomic mass is 9.74. The molecule has 2 bridgehead atoms. The lowest BCUT2D eigenvalue weighted by Crippen LogP contribution is -2.21. The van der Waals surface area contributed by atoms with Crippen LogP contribution in [-0.4, -0.2) is 0 Å². The van der Waals surface area contributed by atoms with E-state index in [1.165, 1.54) is 31.1 Å². The van der Waals surface area contributed by atoms with Crippen LogP contribution in [0.5, 0.6) is 0 Å². The maximum atomic E-state index is 1.62. The molecule has 0 aromatic heterocycles. The van der Waals surface area contributed by atoms with E-state index in [4.69, 9.17) is 0 Å². The zero-order valence-corrected chi connectivity index (χ0v) is 10.1. The molecule has 0 aromatic rings. The van der Waals surface area contributed by atoms with Crippen LogP contribution in [-0.2, 0) is 0 Å². The van der Waals surface area contributed by atoms with Crippen LogP contribution in [0, 0.1) is 23.7 Å². The second-order valence-electron chi connectivity index (χ2n) is 6.44. The van der Waals surface area contributed by atoms with Gasteiger partial charge in [0.15, 0.2) is 0 Å². The van der Waals surface area contributed by atoms with Gasteiger partial charge in [-0.3, -0.25) is 0 Å². The van der Waals surface area contributed by atoms with E-state index < -0.39 is 0 Å². The molecule has 0 aliphatic heterocycles. The monoisotopic (exact) mass is 206 g/mol. The van der Waals surface area contributed by atoms with Gasteiger partial charge in [-0.15, -0.1) is 0 Å².